The summed E-state index contributed by atoms with van der Waals surface area (Å²) >= 11 is 3.13. The molecule has 0 unspecified atom stereocenters. The number of halogens is 7. The summed E-state index contributed by atoms with van der Waals surface area (Å²) in [6.45, 7) is 6.03. The lowest BCUT2D eigenvalue weighted by Gasteiger charge is -2.20. The lowest BCUT2D eigenvalue weighted by Crippen LogP contribution is -2.10. The summed E-state index contributed by atoms with van der Waals surface area (Å²) in [6.07, 6.45) is -5.76. The van der Waals surface area contributed by atoms with E-state index < -0.39 is 23.5 Å². The smallest absolute Gasteiger partial charge is 0.417 e. The third-order valence-corrected chi connectivity index (χ3v) is 14.0. The van der Waals surface area contributed by atoms with Gasteiger partial charge in [0, 0.05) is 17.0 Å². The molecule has 4 aliphatic carbocycles. The van der Waals surface area contributed by atoms with Crippen molar-refractivity contribution < 1.29 is 59.4 Å². The number of rotatable bonds is 12. The first-order valence-electron chi connectivity index (χ1n) is 22.9. The first-order chi connectivity index (χ1) is 33.0. The van der Waals surface area contributed by atoms with E-state index >= 15 is 0 Å². The maximum absolute atomic E-state index is 14.1. The Labute approximate surface area is 402 Å². The van der Waals surface area contributed by atoms with Gasteiger partial charge in [0.25, 0.3) is 0 Å². The number of alkyl halides is 6. The summed E-state index contributed by atoms with van der Waals surface area (Å²) in [6, 6.07) is 27.3. The Morgan fingerprint density at radius 1 is 0.638 bits per heavy atom. The first-order valence-corrected chi connectivity index (χ1v) is 23.7. The summed E-state index contributed by atoms with van der Waals surface area (Å²) in [7, 11) is 0. The van der Waals surface area contributed by atoms with Crippen LogP contribution in [0.5, 0.6) is 11.5 Å². The van der Waals surface area contributed by atoms with Crippen LogP contribution in [0.15, 0.2) is 106 Å². The minimum Gasteiger partial charge on any atom is -0.486 e. The Hall–Kier alpha value is -6.16. The third-order valence-electron chi connectivity index (χ3n) is 13.1. The van der Waals surface area contributed by atoms with Crippen molar-refractivity contribution in [3.8, 4) is 34.0 Å². The molecule has 9 nitrogen and oxygen atoms in total. The van der Waals surface area contributed by atoms with Gasteiger partial charge in [0.05, 0.1) is 36.2 Å². The fourth-order valence-electron chi connectivity index (χ4n) is 9.58. The molecule has 5 aromatic carbocycles. The zero-order valence-electron chi connectivity index (χ0n) is 37.8. The second-order valence-electron chi connectivity index (χ2n) is 17.6. The Morgan fingerprint density at radius 3 is 1.57 bits per heavy atom. The maximum atomic E-state index is 14.1. The molecule has 0 spiro atoms. The average molecular weight is 1020 g/mol. The Balaban J connectivity index is 0.000000181. The van der Waals surface area contributed by atoms with Gasteiger partial charge in [0.15, 0.2) is 0 Å². The van der Waals surface area contributed by atoms with Crippen molar-refractivity contribution in [3.63, 3.8) is 0 Å². The van der Waals surface area contributed by atoms with Crippen LogP contribution in [-0.4, -0.2) is 35.3 Å². The quantitative estimate of drug-likeness (QED) is 0.0874. The molecule has 0 amide bonds. The minimum absolute atomic E-state index is 0.0661. The van der Waals surface area contributed by atoms with Crippen molar-refractivity contribution in [1.82, 2.24) is 10.1 Å². The molecule has 0 radical (unpaired) electrons. The fraction of sp³-hybridized carbons (Fsp3) is 0.358. The van der Waals surface area contributed by atoms with Crippen LogP contribution >= 0.6 is 15.9 Å². The van der Waals surface area contributed by atoms with E-state index in [1.807, 2.05) is 48.5 Å². The first kappa shape index (κ1) is 47.9. The van der Waals surface area contributed by atoms with Gasteiger partial charge in [-0.2, -0.15) is 31.3 Å². The Bertz CT molecular complexity index is 2850. The molecule has 0 bridgehead atoms. The van der Waals surface area contributed by atoms with Gasteiger partial charge < -0.3 is 23.5 Å². The van der Waals surface area contributed by atoms with E-state index in [2.05, 4.69) is 26.1 Å². The lowest BCUT2D eigenvalue weighted by atomic mass is 9.91. The van der Waals surface area contributed by atoms with Crippen molar-refractivity contribution >= 4 is 27.9 Å². The number of fused-ring (bicyclic) bond motifs is 2. The number of carbonyl (C=O) groups excluding carboxylic acids is 2. The van der Waals surface area contributed by atoms with Crippen LogP contribution in [0, 0.1) is 18.8 Å². The molecule has 360 valence electrons. The predicted octanol–water partition coefficient (Wildman–Crippen LogP) is 13.7. The summed E-state index contributed by atoms with van der Waals surface area (Å²) in [5, 5.41) is 3.89. The summed E-state index contributed by atoms with van der Waals surface area (Å²) in [5.41, 5.74) is 4.97. The molecule has 10 rings (SSSR count). The van der Waals surface area contributed by atoms with Crippen molar-refractivity contribution in [1.29, 1.82) is 0 Å². The van der Waals surface area contributed by atoms with Crippen LogP contribution in [0.25, 0.3) is 22.5 Å². The molecule has 1 heterocycles. The Morgan fingerprint density at radius 2 is 1.10 bits per heavy atom. The highest BCUT2D eigenvalue weighted by atomic mass is 79.9. The van der Waals surface area contributed by atoms with E-state index in [1.165, 1.54) is 12.1 Å². The van der Waals surface area contributed by atoms with E-state index in [9.17, 15) is 35.9 Å². The largest absolute Gasteiger partial charge is 0.486 e. The molecule has 2 saturated carbocycles. The number of benzene rings is 5. The van der Waals surface area contributed by atoms with Gasteiger partial charge >= 0.3 is 24.3 Å². The van der Waals surface area contributed by atoms with Gasteiger partial charge in [0.1, 0.15) is 23.7 Å². The highest BCUT2D eigenvalue weighted by molar-refractivity contribution is 9.10. The zero-order chi connectivity index (χ0) is 48.8. The third kappa shape index (κ3) is 10.3. The number of carbonyl (C=O) groups is 2. The van der Waals surface area contributed by atoms with Crippen molar-refractivity contribution in [3.05, 3.63) is 152 Å². The van der Waals surface area contributed by atoms with E-state index in [4.69, 9.17) is 23.5 Å². The van der Waals surface area contributed by atoms with Crippen LogP contribution in [-0.2, 0) is 44.3 Å². The van der Waals surface area contributed by atoms with Gasteiger partial charge in [-0.3, -0.25) is 9.59 Å². The van der Waals surface area contributed by atoms with Crippen LogP contribution in [0.2, 0.25) is 0 Å². The van der Waals surface area contributed by atoms with Gasteiger partial charge in [-0.1, -0.05) is 65.8 Å². The van der Waals surface area contributed by atoms with Crippen molar-refractivity contribution in [2.75, 3.05) is 13.2 Å². The maximum Gasteiger partial charge on any atom is 0.417 e. The molecule has 4 aliphatic rings. The normalized spacial score (nSPS) is 21.1. The standard InChI is InChI=1S/C31H27F3N2O4.C22H20BrF3O3/c1-3-38-30(37)25-16-24(25)18-8-10-21(11-9-18)39-27-15-13-23-22(27)12-14-26(31(32,33)34)28(23)19-4-6-20(7-5-19)29-35-17(2)40-36-29;1-2-28-21(27)17-11-16(17)12-3-5-13(6-4-12)29-19-10-8-15-14(19)7-9-18(20(15)23)22(24,25)26/h4-12,14,24-25,27H,3,13,15-16H2,1-2H3;3-7,9,16-17,19H,2,8,10-11H2,1H3/t24-,25+,27-;16-,17+,19-/m11/s1. The number of hydrogen-bond acceptors (Lipinski definition) is 9. The van der Waals surface area contributed by atoms with Gasteiger partial charge in [-0.15, -0.1) is 0 Å². The molecule has 6 aromatic rings. The van der Waals surface area contributed by atoms with Crippen molar-refractivity contribution in [2.45, 2.75) is 95.7 Å². The molecule has 69 heavy (non-hydrogen) atoms. The lowest BCUT2D eigenvalue weighted by molar-refractivity contribution is -0.145. The summed E-state index contributed by atoms with van der Waals surface area (Å²) in [5.74, 6) is 1.96. The van der Waals surface area contributed by atoms with E-state index in [0.29, 0.717) is 84.4 Å². The number of aryl methyl sites for hydroxylation is 1. The molecular formula is C53H47BrF6N2O7. The zero-order valence-corrected chi connectivity index (χ0v) is 39.3. The van der Waals surface area contributed by atoms with Gasteiger partial charge in [0.2, 0.25) is 11.7 Å². The number of nitrogens with zero attached hydrogens (tertiary/aromatic N) is 2. The van der Waals surface area contributed by atoms with Crippen molar-refractivity contribution in [2.24, 2.45) is 11.8 Å². The van der Waals surface area contributed by atoms with E-state index in [0.717, 1.165) is 47.2 Å². The molecule has 6 atom stereocenters. The second-order valence-corrected chi connectivity index (χ2v) is 18.4. The van der Waals surface area contributed by atoms with Gasteiger partial charge in [-0.05, 0) is 161 Å². The fourth-order valence-corrected chi connectivity index (χ4v) is 10.4. The topological polar surface area (TPSA) is 110 Å². The van der Waals surface area contributed by atoms with Crippen LogP contribution in [0.1, 0.15) is 114 Å². The van der Waals surface area contributed by atoms with E-state index in [1.54, 1.807) is 45.0 Å². The number of ether oxygens (including phenoxy) is 4. The summed E-state index contributed by atoms with van der Waals surface area (Å²) in [4.78, 5) is 28.0. The Kier molecular flexibility index (Phi) is 13.4. The molecule has 1 aromatic heterocycles. The molecule has 16 heteroatoms. The number of hydrogen-bond donors (Lipinski definition) is 0. The van der Waals surface area contributed by atoms with Crippen LogP contribution in [0.4, 0.5) is 26.3 Å². The molecule has 0 aliphatic heterocycles. The molecule has 2 fully saturated rings. The summed E-state index contributed by atoms with van der Waals surface area (Å²) < 4.78 is 109. The second kappa shape index (κ2) is 19.3. The highest BCUT2D eigenvalue weighted by Gasteiger charge is 2.46. The minimum atomic E-state index is -4.51. The molecule has 0 saturated heterocycles. The average Bonchev–Trinajstić information content (AvgIpc) is 4.17. The van der Waals surface area contributed by atoms with Gasteiger partial charge in [-0.25, -0.2) is 0 Å². The monoisotopic (exact) mass is 1020 g/mol. The van der Waals surface area contributed by atoms with Crippen LogP contribution < -0.4 is 9.47 Å². The number of esters is 2. The van der Waals surface area contributed by atoms with E-state index in [-0.39, 0.29) is 57.9 Å². The predicted molar refractivity (Wildman–Crippen MR) is 245 cm³/mol. The number of aromatic nitrogens is 2. The highest BCUT2D eigenvalue weighted by Crippen LogP contribution is 2.51. The van der Waals surface area contributed by atoms with Crippen LogP contribution in [0.3, 0.4) is 0 Å². The SMILES string of the molecule is CCOC(=O)[C@H]1C[C@@H]1c1ccc(O[C@@H]2CCc3c2ccc(C(F)(F)F)c3-c2ccc(-c3noc(C)n3)cc2)cc1.CCOC(=O)[C@H]1C[C@@H]1c1ccc(O[C@@H]2CCc3c2ccc(C(F)(F)F)c3Br)cc1. The molecule has 0 N–H and O–H groups in total. The molecular weight excluding hydrogens is 970 g/mol.